The minimum absolute atomic E-state index is 0.00437. The molecule has 1 spiro atoms. The number of ether oxygens (including phenoxy) is 2. The zero-order valence-electron chi connectivity index (χ0n) is 20.9. The van der Waals surface area contributed by atoms with Crippen molar-refractivity contribution < 1.29 is 34.4 Å². The van der Waals surface area contributed by atoms with Gasteiger partial charge in [0.2, 0.25) is 0 Å². The molecule has 0 aromatic carbocycles. The van der Waals surface area contributed by atoms with E-state index in [1.165, 1.54) is 6.08 Å². The number of aliphatic hydroxyl groups is 3. The van der Waals surface area contributed by atoms with E-state index >= 15 is 0 Å². The van der Waals surface area contributed by atoms with Crippen LogP contribution in [-0.2, 0) is 19.1 Å². The second-order valence-electron chi connectivity index (χ2n) is 12.5. The van der Waals surface area contributed by atoms with Crippen molar-refractivity contribution >= 4 is 11.8 Å². The van der Waals surface area contributed by atoms with Gasteiger partial charge in [0.05, 0.1) is 30.3 Å². The molecule has 7 heteroatoms. The van der Waals surface area contributed by atoms with Crippen LogP contribution in [0, 0.1) is 40.4 Å². The number of ketones is 1. The Morgan fingerprint density at radius 1 is 1.17 bits per heavy atom. The monoisotopic (exact) mass is 486 g/mol. The van der Waals surface area contributed by atoms with Crippen molar-refractivity contribution in [2.75, 3.05) is 13.2 Å². The van der Waals surface area contributed by atoms with E-state index in [1.54, 1.807) is 6.08 Å². The van der Waals surface area contributed by atoms with Gasteiger partial charge < -0.3 is 24.8 Å². The van der Waals surface area contributed by atoms with Gasteiger partial charge in [0.25, 0.3) is 0 Å². The summed E-state index contributed by atoms with van der Waals surface area (Å²) in [5, 5.41) is 31.1. The molecule has 0 amide bonds. The van der Waals surface area contributed by atoms with Gasteiger partial charge in [0, 0.05) is 6.42 Å². The van der Waals surface area contributed by atoms with Gasteiger partial charge in [-0.25, -0.2) is 4.79 Å². The molecule has 0 aromatic rings. The Morgan fingerprint density at radius 2 is 1.94 bits per heavy atom. The predicted molar refractivity (Wildman–Crippen MR) is 126 cm³/mol. The molecule has 2 aliphatic heterocycles. The summed E-state index contributed by atoms with van der Waals surface area (Å²) in [6.07, 6.45) is 7.13. The maximum Gasteiger partial charge on any atom is 0.336 e. The predicted octanol–water partition coefficient (Wildman–Crippen LogP) is 2.33. The van der Waals surface area contributed by atoms with E-state index < -0.39 is 23.1 Å². The third-order valence-electron chi connectivity index (χ3n) is 11.6. The van der Waals surface area contributed by atoms with Gasteiger partial charge in [-0.1, -0.05) is 19.4 Å². The van der Waals surface area contributed by atoms with Crippen molar-refractivity contribution in [3.8, 4) is 0 Å². The summed E-state index contributed by atoms with van der Waals surface area (Å²) in [7, 11) is 0. The van der Waals surface area contributed by atoms with Gasteiger partial charge in [0.15, 0.2) is 5.78 Å². The van der Waals surface area contributed by atoms with E-state index in [4.69, 9.17) is 9.47 Å². The number of rotatable bonds is 4. The molecular weight excluding hydrogens is 448 g/mol. The number of carbonyl (C=O) groups is 2. The summed E-state index contributed by atoms with van der Waals surface area (Å²) in [5.41, 5.74) is -0.646. The van der Waals surface area contributed by atoms with E-state index in [2.05, 4.69) is 13.8 Å². The van der Waals surface area contributed by atoms with Gasteiger partial charge in [-0.2, -0.15) is 0 Å². The number of aliphatic hydroxyl groups excluding tert-OH is 3. The number of hydrogen-bond donors (Lipinski definition) is 3. The van der Waals surface area contributed by atoms with Crippen LogP contribution < -0.4 is 0 Å². The Labute approximate surface area is 206 Å². The fourth-order valence-corrected chi connectivity index (χ4v) is 9.78. The van der Waals surface area contributed by atoms with Crippen LogP contribution in [0.2, 0.25) is 0 Å². The molecule has 6 rings (SSSR count). The Kier molecular flexibility index (Phi) is 5.27. The fraction of sp³-hybridized carbons (Fsp3) is 0.786. The molecule has 1 saturated heterocycles. The van der Waals surface area contributed by atoms with Crippen LogP contribution in [0.15, 0.2) is 23.3 Å². The molecule has 4 fully saturated rings. The lowest BCUT2D eigenvalue weighted by molar-refractivity contribution is -0.164. The molecule has 2 heterocycles. The van der Waals surface area contributed by atoms with Crippen molar-refractivity contribution in [3.63, 3.8) is 0 Å². The molecule has 3 saturated carbocycles. The molecule has 0 bridgehead atoms. The first-order valence-electron chi connectivity index (χ1n) is 13.4. The van der Waals surface area contributed by atoms with Crippen LogP contribution >= 0.6 is 0 Å². The van der Waals surface area contributed by atoms with Gasteiger partial charge >= 0.3 is 5.97 Å². The highest BCUT2D eigenvalue weighted by molar-refractivity contribution is 5.98. The van der Waals surface area contributed by atoms with E-state index in [0.29, 0.717) is 23.8 Å². The lowest BCUT2D eigenvalue weighted by Gasteiger charge is -2.58. The number of fused-ring (bicyclic) bond motifs is 4. The van der Waals surface area contributed by atoms with E-state index in [1.807, 2.05) is 6.92 Å². The van der Waals surface area contributed by atoms with Gasteiger partial charge in [0.1, 0.15) is 17.8 Å². The quantitative estimate of drug-likeness (QED) is 0.412. The second kappa shape index (κ2) is 7.73. The highest BCUT2D eigenvalue weighted by Crippen LogP contribution is 2.73. The molecule has 35 heavy (non-hydrogen) atoms. The first kappa shape index (κ1) is 23.8. The van der Waals surface area contributed by atoms with Crippen LogP contribution in [0.3, 0.4) is 0 Å². The lowest BCUT2D eigenvalue weighted by atomic mass is 9.44. The van der Waals surface area contributed by atoms with E-state index in [-0.39, 0.29) is 54.4 Å². The Bertz CT molecular complexity index is 1020. The topological polar surface area (TPSA) is 117 Å². The molecule has 2 unspecified atom stereocenters. The third-order valence-corrected chi connectivity index (χ3v) is 11.6. The smallest absolute Gasteiger partial charge is 0.336 e. The summed E-state index contributed by atoms with van der Waals surface area (Å²) in [4.78, 5) is 25.8. The number of allylic oxidation sites excluding steroid dienone is 1. The zero-order chi connectivity index (χ0) is 24.9. The first-order valence-corrected chi connectivity index (χ1v) is 13.4. The van der Waals surface area contributed by atoms with E-state index in [0.717, 1.165) is 37.7 Å². The normalized spacial score (nSPS) is 51.2. The molecule has 7 nitrogen and oxygen atoms in total. The van der Waals surface area contributed by atoms with Crippen molar-refractivity contribution in [1.29, 1.82) is 0 Å². The molecular formula is C28H38O7. The number of epoxide rings is 1. The van der Waals surface area contributed by atoms with Crippen molar-refractivity contribution in [2.45, 2.75) is 83.2 Å². The SMILES string of the molecule is CC1=C(CO)C(=O)OC(C(C)[C@H]2CC[C@H]3[C@@H]4C[C@H]5O[C@]56[C@@H](O)C=CC(=O)[C@]6(CO)[C@H]4CC[C@]23C)C1. The number of carbonyl (C=O) groups excluding carboxylic acids is 2. The molecule has 4 aliphatic carbocycles. The largest absolute Gasteiger partial charge is 0.458 e. The second-order valence-corrected chi connectivity index (χ2v) is 12.5. The standard InChI is InChI=1S/C28H38O7/c1-14-10-21(34-25(33)17(14)12-29)15(2)18-4-5-19-16-11-24-28(35-24)23(32)7-6-22(31)27(28,13-30)20(16)8-9-26(18,19)3/h6-7,15-16,18-21,23-24,29-30,32H,4-5,8-13H2,1-3H3/t15?,16-,18+,19-,20-,21?,23-,24+,26+,27-,28+/m0/s1. The zero-order valence-corrected chi connectivity index (χ0v) is 20.9. The van der Waals surface area contributed by atoms with Crippen LogP contribution in [0.25, 0.3) is 0 Å². The van der Waals surface area contributed by atoms with Gasteiger partial charge in [-0.15, -0.1) is 0 Å². The number of hydrogen-bond acceptors (Lipinski definition) is 7. The van der Waals surface area contributed by atoms with Gasteiger partial charge in [-0.05, 0) is 86.2 Å². The summed E-state index contributed by atoms with van der Waals surface area (Å²) in [6, 6.07) is 0. The number of esters is 1. The summed E-state index contributed by atoms with van der Waals surface area (Å²) < 4.78 is 12.0. The van der Waals surface area contributed by atoms with Crippen LogP contribution in [-0.4, -0.2) is 64.2 Å². The summed E-state index contributed by atoms with van der Waals surface area (Å²) in [5.74, 6) is 0.753. The molecule has 0 radical (unpaired) electrons. The van der Waals surface area contributed by atoms with Crippen molar-refractivity contribution in [1.82, 2.24) is 0 Å². The average Bonchev–Trinajstić information content (AvgIpc) is 3.46. The average molecular weight is 487 g/mol. The molecule has 3 N–H and O–H groups in total. The summed E-state index contributed by atoms with van der Waals surface area (Å²) >= 11 is 0. The van der Waals surface area contributed by atoms with Crippen LogP contribution in [0.4, 0.5) is 0 Å². The van der Waals surface area contributed by atoms with E-state index in [9.17, 15) is 24.9 Å². The third kappa shape index (κ3) is 2.81. The minimum Gasteiger partial charge on any atom is -0.458 e. The van der Waals surface area contributed by atoms with Crippen molar-refractivity contribution in [2.24, 2.45) is 40.4 Å². The lowest BCUT2D eigenvalue weighted by Crippen LogP contribution is -2.66. The van der Waals surface area contributed by atoms with Crippen molar-refractivity contribution in [3.05, 3.63) is 23.3 Å². The maximum atomic E-state index is 13.4. The Hall–Kier alpha value is -1.54. The van der Waals surface area contributed by atoms with Crippen LogP contribution in [0.1, 0.15) is 59.3 Å². The Balaban J connectivity index is 1.29. The van der Waals surface area contributed by atoms with Gasteiger partial charge in [-0.3, -0.25) is 4.79 Å². The molecule has 0 aromatic heterocycles. The first-order chi connectivity index (χ1) is 16.7. The summed E-state index contributed by atoms with van der Waals surface area (Å²) in [6.45, 7) is 5.94. The number of cyclic esters (lactones) is 1. The minimum atomic E-state index is -1.05. The highest BCUT2D eigenvalue weighted by atomic mass is 16.6. The fourth-order valence-electron chi connectivity index (χ4n) is 9.78. The maximum absolute atomic E-state index is 13.4. The Morgan fingerprint density at radius 3 is 2.63 bits per heavy atom. The molecule has 11 atom stereocenters. The van der Waals surface area contributed by atoms with Crippen LogP contribution in [0.5, 0.6) is 0 Å². The molecule has 192 valence electrons. The molecule has 6 aliphatic rings. The highest BCUT2D eigenvalue weighted by Gasteiger charge is 2.81.